The van der Waals surface area contributed by atoms with Gasteiger partial charge in [-0.25, -0.2) is 4.79 Å². The molecule has 5 nitrogen and oxygen atoms in total. The summed E-state index contributed by atoms with van der Waals surface area (Å²) in [5.74, 6) is 1.11. The Kier molecular flexibility index (Phi) is 17.8. The average Bonchev–Trinajstić information content (AvgIpc) is 2.61. The van der Waals surface area contributed by atoms with E-state index in [1.807, 2.05) is 0 Å². The van der Waals surface area contributed by atoms with Crippen molar-refractivity contribution < 1.29 is 23.7 Å². The molecule has 0 amide bonds. The molecule has 0 heterocycles. The molecule has 0 saturated heterocycles. The number of esters is 1. The van der Waals surface area contributed by atoms with Crippen molar-refractivity contribution in [1.82, 2.24) is 0 Å². The number of hydrogen-bond acceptors (Lipinski definition) is 5. The average molecular weight is 387 g/mol. The monoisotopic (exact) mass is 386 g/mol. The van der Waals surface area contributed by atoms with Crippen molar-refractivity contribution in [2.75, 3.05) is 33.4 Å². The van der Waals surface area contributed by atoms with Gasteiger partial charge >= 0.3 is 5.97 Å². The Morgan fingerprint density at radius 2 is 1.30 bits per heavy atom. The van der Waals surface area contributed by atoms with Crippen LogP contribution in [0.1, 0.15) is 79.1 Å². The predicted molar refractivity (Wildman–Crippen MR) is 109 cm³/mol. The van der Waals surface area contributed by atoms with Crippen LogP contribution in [0.2, 0.25) is 0 Å². The number of carbonyl (C=O) groups excluding carboxylic acids is 1. The van der Waals surface area contributed by atoms with Crippen molar-refractivity contribution in [3.8, 4) is 0 Å². The van der Waals surface area contributed by atoms with Crippen molar-refractivity contribution in [3.05, 3.63) is 12.2 Å². The third kappa shape index (κ3) is 19.7. The Morgan fingerprint density at radius 1 is 0.741 bits per heavy atom. The number of hydrogen-bond donors (Lipinski definition) is 0. The first-order valence-electron chi connectivity index (χ1n) is 10.5. The summed E-state index contributed by atoms with van der Waals surface area (Å²) in [4.78, 5) is 11.8. The zero-order chi connectivity index (χ0) is 20.3. The maximum Gasteiger partial charge on any atom is 0.335 e. The van der Waals surface area contributed by atoms with E-state index in [1.165, 1.54) is 32.1 Å². The first-order valence-corrected chi connectivity index (χ1v) is 10.5. The summed E-state index contributed by atoms with van der Waals surface area (Å²) in [6.07, 6.45) is 9.14. The fourth-order valence-electron chi connectivity index (χ4n) is 2.47. The predicted octanol–water partition coefficient (Wildman–Crippen LogP) is 5.48. The van der Waals surface area contributed by atoms with Gasteiger partial charge < -0.3 is 18.9 Å². The molecule has 0 atom stereocenters. The molecule has 5 heteroatoms. The molecule has 0 spiro atoms. The molecule has 0 fully saturated rings. The van der Waals surface area contributed by atoms with Crippen molar-refractivity contribution in [1.29, 1.82) is 0 Å². The van der Waals surface area contributed by atoms with E-state index in [4.69, 9.17) is 18.9 Å². The molecular weight excluding hydrogens is 344 g/mol. The number of rotatable bonds is 19. The number of ether oxygens (including phenoxy) is 4. The van der Waals surface area contributed by atoms with Crippen LogP contribution in [-0.4, -0.2) is 39.4 Å². The van der Waals surface area contributed by atoms with Gasteiger partial charge in [0.2, 0.25) is 0 Å². The zero-order valence-electron chi connectivity index (χ0n) is 18.1. The highest BCUT2D eigenvalue weighted by Crippen LogP contribution is 2.09. The summed E-state index contributed by atoms with van der Waals surface area (Å²) in [5.41, 5.74) is 0.312. The van der Waals surface area contributed by atoms with Gasteiger partial charge in [-0.3, -0.25) is 0 Å². The second-order valence-electron chi connectivity index (χ2n) is 7.92. The molecule has 0 N–H and O–H groups in total. The second kappa shape index (κ2) is 18.5. The summed E-state index contributed by atoms with van der Waals surface area (Å²) in [7, 11) is 0. The van der Waals surface area contributed by atoms with Gasteiger partial charge in [0.25, 0.3) is 0 Å². The minimum absolute atomic E-state index is 0.0782. The molecule has 0 aliphatic heterocycles. The van der Waals surface area contributed by atoms with Gasteiger partial charge in [0.15, 0.2) is 0 Å². The molecule has 160 valence electrons. The SMILES string of the molecule is C=C(COCOCOCCCCCC(C)C)C(=O)OCCCCCC(C)C. The molecule has 0 saturated carbocycles. The molecule has 0 aromatic rings. The van der Waals surface area contributed by atoms with Crippen LogP contribution < -0.4 is 0 Å². The third-order valence-corrected chi connectivity index (χ3v) is 4.13. The van der Waals surface area contributed by atoms with Gasteiger partial charge in [-0.2, -0.15) is 0 Å². The molecule has 0 aliphatic rings. The standard InChI is InChI=1S/C22H42O5/c1-19(2)12-8-6-10-14-24-17-26-18-25-16-21(5)22(23)27-15-11-7-9-13-20(3)4/h19-20H,5-18H2,1-4H3. The summed E-state index contributed by atoms with van der Waals surface area (Å²) < 4.78 is 21.0. The highest BCUT2D eigenvalue weighted by Gasteiger charge is 2.08. The van der Waals surface area contributed by atoms with E-state index in [9.17, 15) is 4.79 Å². The van der Waals surface area contributed by atoms with E-state index in [-0.39, 0.29) is 20.2 Å². The molecule has 0 radical (unpaired) electrons. The highest BCUT2D eigenvalue weighted by molar-refractivity contribution is 5.87. The summed E-state index contributed by atoms with van der Waals surface area (Å²) in [6.45, 7) is 14.2. The maximum absolute atomic E-state index is 11.8. The minimum atomic E-state index is -0.392. The fraction of sp³-hybridized carbons (Fsp3) is 0.864. The van der Waals surface area contributed by atoms with Gasteiger partial charge in [-0.15, -0.1) is 0 Å². The lowest BCUT2D eigenvalue weighted by Gasteiger charge is -2.09. The summed E-state index contributed by atoms with van der Waals surface area (Å²) in [6, 6.07) is 0. The smallest absolute Gasteiger partial charge is 0.335 e. The largest absolute Gasteiger partial charge is 0.462 e. The molecule has 0 aliphatic carbocycles. The van der Waals surface area contributed by atoms with Crippen LogP contribution in [0.4, 0.5) is 0 Å². The van der Waals surface area contributed by atoms with Crippen molar-refractivity contribution in [2.45, 2.75) is 79.1 Å². The van der Waals surface area contributed by atoms with Crippen molar-refractivity contribution in [2.24, 2.45) is 11.8 Å². The Morgan fingerprint density at radius 3 is 1.89 bits per heavy atom. The van der Waals surface area contributed by atoms with Gasteiger partial charge in [0.1, 0.15) is 13.6 Å². The molecule has 27 heavy (non-hydrogen) atoms. The van der Waals surface area contributed by atoms with E-state index in [2.05, 4.69) is 34.3 Å². The van der Waals surface area contributed by atoms with Crippen LogP contribution in [0, 0.1) is 11.8 Å². The molecule has 0 aromatic carbocycles. The molecule has 0 aromatic heterocycles. The zero-order valence-corrected chi connectivity index (χ0v) is 18.1. The van der Waals surface area contributed by atoms with Crippen LogP contribution in [0.3, 0.4) is 0 Å². The lowest BCUT2D eigenvalue weighted by molar-refractivity contribution is -0.143. The lowest BCUT2D eigenvalue weighted by Crippen LogP contribution is -2.14. The van der Waals surface area contributed by atoms with Gasteiger partial charge in [0, 0.05) is 6.61 Å². The third-order valence-electron chi connectivity index (χ3n) is 4.13. The molecule has 0 rings (SSSR count). The van der Waals surface area contributed by atoms with Gasteiger partial charge in [-0.05, 0) is 24.7 Å². The van der Waals surface area contributed by atoms with Crippen LogP contribution in [0.5, 0.6) is 0 Å². The van der Waals surface area contributed by atoms with E-state index in [0.29, 0.717) is 18.8 Å². The molecular formula is C22H42O5. The second-order valence-corrected chi connectivity index (χ2v) is 7.92. The maximum atomic E-state index is 11.8. The van der Waals surface area contributed by atoms with Gasteiger partial charge in [-0.1, -0.05) is 72.8 Å². The minimum Gasteiger partial charge on any atom is -0.462 e. The topological polar surface area (TPSA) is 54.0 Å². The first-order chi connectivity index (χ1) is 12.9. The van der Waals surface area contributed by atoms with Crippen molar-refractivity contribution >= 4 is 5.97 Å². The normalized spacial score (nSPS) is 11.3. The van der Waals surface area contributed by atoms with E-state index in [1.54, 1.807) is 0 Å². The Bertz CT molecular complexity index is 366. The van der Waals surface area contributed by atoms with Crippen LogP contribution in [-0.2, 0) is 23.7 Å². The van der Waals surface area contributed by atoms with E-state index in [0.717, 1.165) is 31.1 Å². The first kappa shape index (κ1) is 26.1. The van der Waals surface area contributed by atoms with E-state index < -0.39 is 5.97 Å². The van der Waals surface area contributed by atoms with Crippen LogP contribution >= 0.6 is 0 Å². The summed E-state index contributed by atoms with van der Waals surface area (Å²) >= 11 is 0. The van der Waals surface area contributed by atoms with Crippen LogP contribution in [0.25, 0.3) is 0 Å². The Labute approximate surface area is 166 Å². The molecule has 0 bridgehead atoms. The van der Waals surface area contributed by atoms with E-state index >= 15 is 0 Å². The Hall–Kier alpha value is -0.910. The summed E-state index contributed by atoms with van der Waals surface area (Å²) in [5, 5.41) is 0. The number of unbranched alkanes of at least 4 members (excludes halogenated alkanes) is 4. The number of carbonyl (C=O) groups is 1. The lowest BCUT2D eigenvalue weighted by atomic mass is 10.1. The molecule has 0 unspecified atom stereocenters. The quantitative estimate of drug-likeness (QED) is 0.127. The van der Waals surface area contributed by atoms with Crippen molar-refractivity contribution in [3.63, 3.8) is 0 Å². The van der Waals surface area contributed by atoms with Gasteiger partial charge in [0.05, 0.1) is 18.8 Å². The highest BCUT2D eigenvalue weighted by atomic mass is 16.7. The van der Waals surface area contributed by atoms with Crippen LogP contribution in [0.15, 0.2) is 12.2 Å². The Balaban J connectivity index is 3.36. The fourth-order valence-corrected chi connectivity index (χ4v) is 2.47.